The quantitative estimate of drug-likeness (QED) is 0.852. The number of hydrogen-bond donors (Lipinski definition) is 1. The maximum atomic E-state index is 5.33. The highest BCUT2D eigenvalue weighted by atomic mass is 16.5. The summed E-state index contributed by atoms with van der Waals surface area (Å²) in [4.78, 5) is 6.29. The van der Waals surface area contributed by atoms with Gasteiger partial charge in [0.25, 0.3) is 0 Å². The van der Waals surface area contributed by atoms with Gasteiger partial charge in [0.05, 0.1) is 7.11 Å². The van der Waals surface area contributed by atoms with Gasteiger partial charge in [-0.05, 0) is 56.4 Å². The van der Waals surface area contributed by atoms with Crippen LogP contribution in [0.15, 0.2) is 48.8 Å². The molecular weight excluding hydrogens is 274 g/mol. The second-order valence-corrected chi connectivity index (χ2v) is 5.67. The Kier molecular flexibility index (Phi) is 5.92. The molecule has 2 unspecified atom stereocenters. The van der Waals surface area contributed by atoms with Crippen molar-refractivity contribution in [2.75, 3.05) is 27.7 Å². The predicted molar refractivity (Wildman–Crippen MR) is 90.1 cm³/mol. The molecule has 0 amide bonds. The summed E-state index contributed by atoms with van der Waals surface area (Å²) in [6, 6.07) is 12.9. The zero-order chi connectivity index (χ0) is 15.9. The monoisotopic (exact) mass is 299 g/mol. The lowest BCUT2D eigenvalue weighted by molar-refractivity contribution is 0.281. The molecule has 0 fully saturated rings. The van der Waals surface area contributed by atoms with Gasteiger partial charge in [-0.1, -0.05) is 12.1 Å². The first kappa shape index (κ1) is 16.5. The lowest BCUT2D eigenvalue weighted by Gasteiger charge is -2.27. The van der Waals surface area contributed by atoms with Crippen molar-refractivity contribution in [3.05, 3.63) is 59.9 Å². The number of likely N-dealkylation sites (N-methyl/N-ethyl adjacent to an activating group) is 1. The van der Waals surface area contributed by atoms with Gasteiger partial charge in [0.15, 0.2) is 0 Å². The van der Waals surface area contributed by atoms with Crippen LogP contribution in [0.2, 0.25) is 0 Å². The van der Waals surface area contributed by atoms with Crippen LogP contribution < -0.4 is 10.1 Å². The Morgan fingerprint density at radius 1 is 1.14 bits per heavy atom. The normalized spacial score (nSPS) is 13.9. The minimum Gasteiger partial charge on any atom is -0.497 e. The summed E-state index contributed by atoms with van der Waals surface area (Å²) < 4.78 is 5.33. The van der Waals surface area contributed by atoms with Crippen molar-refractivity contribution >= 4 is 0 Å². The van der Waals surface area contributed by atoms with E-state index in [9.17, 15) is 0 Å². The molecule has 1 aromatic carbocycles. The standard InChI is InChI=1S/C18H25N3O/c1-14(15-8-10-19-11-9-15)20-13-18(21(2)3)16-6-5-7-17(12-16)22-4/h5-12,14,18,20H,13H2,1-4H3. The first-order chi connectivity index (χ1) is 10.6. The molecule has 0 saturated heterocycles. The van der Waals surface area contributed by atoms with E-state index in [1.807, 2.05) is 36.7 Å². The Balaban J connectivity index is 2.06. The number of ether oxygens (including phenoxy) is 1. The molecule has 118 valence electrons. The minimum atomic E-state index is 0.288. The van der Waals surface area contributed by atoms with Crippen LogP contribution in [0.4, 0.5) is 0 Å². The van der Waals surface area contributed by atoms with Crippen LogP contribution >= 0.6 is 0 Å². The second-order valence-electron chi connectivity index (χ2n) is 5.67. The third-order valence-electron chi connectivity index (χ3n) is 3.93. The Morgan fingerprint density at radius 3 is 2.50 bits per heavy atom. The van der Waals surface area contributed by atoms with Crippen LogP contribution in [0.3, 0.4) is 0 Å². The number of pyridine rings is 1. The number of hydrogen-bond acceptors (Lipinski definition) is 4. The van der Waals surface area contributed by atoms with Crippen LogP contribution in [0.1, 0.15) is 30.1 Å². The topological polar surface area (TPSA) is 37.4 Å². The summed E-state index contributed by atoms with van der Waals surface area (Å²) in [5.41, 5.74) is 2.50. The second kappa shape index (κ2) is 7.92. The van der Waals surface area contributed by atoms with E-state index in [-0.39, 0.29) is 6.04 Å². The van der Waals surface area contributed by atoms with Gasteiger partial charge in [0, 0.05) is 31.0 Å². The highest BCUT2D eigenvalue weighted by molar-refractivity contribution is 5.30. The van der Waals surface area contributed by atoms with Gasteiger partial charge in [0.2, 0.25) is 0 Å². The average Bonchev–Trinajstić information content (AvgIpc) is 2.55. The summed E-state index contributed by atoms with van der Waals surface area (Å²) in [5.74, 6) is 0.895. The number of benzene rings is 1. The third kappa shape index (κ3) is 4.29. The molecule has 0 spiro atoms. The molecule has 2 rings (SSSR count). The van der Waals surface area contributed by atoms with E-state index in [4.69, 9.17) is 4.74 Å². The fraction of sp³-hybridized carbons (Fsp3) is 0.389. The Hall–Kier alpha value is -1.91. The fourth-order valence-corrected chi connectivity index (χ4v) is 2.51. The lowest BCUT2D eigenvalue weighted by Crippen LogP contribution is -2.32. The lowest BCUT2D eigenvalue weighted by atomic mass is 10.0. The van der Waals surface area contributed by atoms with Crippen molar-refractivity contribution in [2.24, 2.45) is 0 Å². The van der Waals surface area contributed by atoms with Crippen LogP contribution in [-0.2, 0) is 0 Å². The smallest absolute Gasteiger partial charge is 0.119 e. The molecule has 0 saturated carbocycles. The molecule has 0 bridgehead atoms. The Morgan fingerprint density at radius 2 is 1.86 bits per heavy atom. The van der Waals surface area contributed by atoms with Crippen molar-refractivity contribution in [3.63, 3.8) is 0 Å². The molecule has 0 aliphatic carbocycles. The molecule has 0 aliphatic rings. The van der Waals surface area contributed by atoms with Gasteiger partial charge in [0.1, 0.15) is 5.75 Å². The average molecular weight is 299 g/mol. The van der Waals surface area contributed by atoms with E-state index in [0.717, 1.165) is 12.3 Å². The number of rotatable bonds is 7. The molecule has 0 radical (unpaired) electrons. The molecule has 2 aromatic rings. The van der Waals surface area contributed by atoms with E-state index in [2.05, 4.69) is 48.4 Å². The summed E-state index contributed by atoms with van der Waals surface area (Å²) >= 11 is 0. The SMILES string of the molecule is COc1cccc(C(CNC(C)c2ccncc2)N(C)C)c1. The van der Waals surface area contributed by atoms with Crippen molar-refractivity contribution in [3.8, 4) is 5.75 Å². The maximum absolute atomic E-state index is 5.33. The third-order valence-corrected chi connectivity index (χ3v) is 3.93. The molecule has 2 atom stereocenters. The van der Waals surface area contributed by atoms with E-state index in [1.165, 1.54) is 11.1 Å². The van der Waals surface area contributed by atoms with E-state index in [0.29, 0.717) is 6.04 Å². The van der Waals surface area contributed by atoms with Gasteiger partial charge in [-0.25, -0.2) is 0 Å². The minimum absolute atomic E-state index is 0.288. The largest absolute Gasteiger partial charge is 0.497 e. The van der Waals surface area contributed by atoms with Crippen molar-refractivity contribution in [1.29, 1.82) is 0 Å². The van der Waals surface area contributed by atoms with Crippen LogP contribution in [0.5, 0.6) is 5.75 Å². The number of nitrogens with zero attached hydrogens (tertiary/aromatic N) is 2. The van der Waals surface area contributed by atoms with Gasteiger partial charge in [-0.2, -0.15) is 0 Å². The van der Waals surface area contributed by atoms with Gasteiger partial charge in [-0.15, -0.1) is 0 Å². The summed E-state index contributed by atoms with van der Waals surface area (Å²) in [7, 11) is 5.90. The fourth-order valence-electron chi connectivity index (χ4n) is 2.51. The van der Waals surface area contributed by atoms with E-state index >= 15 is 0 Å². The van der Waals surface area contributed by atoms with Crippen LogP contribution in [0.25, 0.3) is 0 Å². The van der Waals surface area contributed by atoms with E-state index in [1.54, 1.807) is 7.11 Å². The van der Waals surface area contributed by atoms with Crippen LogP contribution in [0, 0.1) is 0 Å². The van der Waals surface area contributed by atoms with Crippen LogP contribution in [-0.4, -0.2) is 37.6 Å². The van der Waals surface area contributed by atoms with Gasteiger partial charge >= 0.3 is 0 Å². The maximum Gasteiger partial charge on any atom is 0.119 e. The molecule has 1 heterocycles. The Bertz CT molecular complexity index is 572. The molecule has 4 heteroatoms. The van der Waals surface area contributed by atoms with Crippen molar-refractivity contribution < 1.29 is 4.74 Å². The van der Waals surface area contributed by atoms with E-state index < -0.39 is 0 Å². The molecule has 1 N–H and O–H groups in total. The highest BCUT2D eigenvalue weighted by Crippen LogP contribution is 2.23. The Labute approximate surface area is 133 Å². The predicted octanol–water partition coefficient (Wildman–Crippen LogP) is 3.04. The van der Waals surface area contributed by atoms with Crippen molar-refractivity contribution in [1.82, 2.24) is 15.2 Å². The summed E-state index contributed by atoms with van der Waals surface area (Å²) in [5, 5.41) is 3.61. The highest BCUT2D eigenvalue weighted by Gasteiger charge is 2.16. The zero-order valence-electron chi connectivity index (χ0n) is 13.8. The summed E-state index contributed by atoms with van der Waals surface area (Å²) in [6.45, 7) is 3.04. The molecule has 1 aromatic heterocycles. The number of methoxy groups -OCH3 is 1. The van der Waals surface area contributed by atoms with Gasteiger partial charge < -0.3 is 15.0 Å². The number of aromatic nitrogens is 1. The molecule has 22 heavy (non-hydrogen) atoms. The molecular formula is C18H25N3O. The zero-order valence-corrected chi connectivity index (χ0v) is 13.8. The first-order valence-corrected chi connectivity index (χ1v) is 7.55. The first-order valence-electron chi connectivity index (χ1n) is 7.55. The number of nitrogens with one attached hydrogen (secondary N) is 1. The van der Waals surface area contributed by atoms with Gasteiger partial charge in [-0.3, -0.25) is 4.98 Å². The van der Waals surface area contributed by atoms with Crippen molar-refractivity contribution in [2.45, 2.75) is 19.0 Å². The molecule has 4 nitrogen and oxygen atoms in total. The molecule has 0 aliphatic heterocycles. The summed E-state index contributed by atoms with van der Waals surface area (Å²) in [6.07, 6.45) is 3.66.